The third kappa shape index (κ3) is 3.74. The second-order valence-corrected chi connectivity index (χ2v) is 5.14. The van der Waals surface area contributed by atoms with Gasteiger partial charge >= 0.3 is 0 Å². The molecule has 0 bridgehead atoms. The molecule has 0 aliphatic heterocycles. The van der Waals surface area contributed by atoms with E-state index in [0.29, 0.717) is 18.6 Å². The standard InChI is InChI=1S/C12H25NO2/c1-10-5-4-6-12(7-10,9-14)13-11(2)8-15-3/h10-11,13-14H,4-9H2,1-3H3. The van der Waals surface area contributed by atoms with E-state index in [2.05, 4.69) is 19.2 Å². The molecule has 1 aliphatic rings. The van der Waals surface area contributed by atoms with Crippen molar-refractivity contribution in [2.45, 2.75) is 51.1 Å². The first kappa shape index (κ1) is 12.9. The Morgan fingerprint density at radius 2 is 2.33 bits per heavy atom. The fourth-order valence-electron chi connectivity index (χ4n) is 2.79. The summed E-state index contributed by atoms with van der Waals surface area (Å²) in [7, 11) is 1.72. The van der Waals surface area contributed by atoms with E-state index in [4.69, 9.17) is 4.74 Å². The summed E-state index contributed by atoms with van der Waals surface area (Å²) in [6.07, 6.45) is 4.68. The van der Waals surface area contributed by atoms with Gasteiger partial charge in [-0.1, -0.05) is 19.8 Å². The predicted octanol–water partition coefficient (Wildman–Crippen LogP) is 1.55. The fraction of sp³-hybridized carbons (Fsp3) is 1.00. The number of hydrogen-bond acceptors (Lipinski definition) is 3. The highest BCUT2D eigenvalue weighted by Crippen LogP contribution is 2.32. The van der Waals surface area contributed by atoms with Crippen molar-refractivity contribution in [1.82, 2.24) is 5.32 Å². The second kappa shape index (κ2) is 5.83. The zero-order valence-electron chi connectivity index (χ0n) is 10.3. The van der Waals surface area contributed by atoms with Crippen LogP contribution in [-0.2, 0) is 4.74 Å². The summed E-state index contributed by atoms with van der Waals surface area (Å²) in [6.45, 7) is 5.33. The quantitative estimate of drug-likeness (QED) is 0.731. The first-order valence-corrected chi connectivity index (χ1v) is 5.99. The van der Waals surface area contributed by atoms with E-state index in [9.17, 15) is 5.11 Å². The second-order valence-electron chi connectivity index (χ2n) is 5.14. The maximum atomic E-state index is 9.57. The molecule has 3 atom stereocenters. The van der Waals surface area contributed by atoms with Crippen LogP contribution in [0.1, 0.15) is 39.5 Å². The molecule has 15 heavy (non-hydrogen) atoms. The van der Waals surface area contributed by atoms with Gasteiger partial charge in [-0.15, -0.1) is 0 Å². The number of methoxy groups -OCH3 is 1. The Bertz CT molecular complexity index is 186. The third-order valence-electron chi connectivity index (χ3n) is 3.36. The molecule has 0 aromatic heterocycles. The summed E-state index contributed by atoms with van der Waals surface area (Å²) < 4.78 is 5.12. The molecule has 90 valence electrons. The van der Waals surface area contributed by atoms with E-state index in [1.54, 1.807) is 7.11 Å². The molecule has 3 nitrogen and oxygen atoms in total. The van der Waals surface area contributed by atoms with Crippen molar-refractivity contribution in [3.05, 3.63) is 0 Å². The Hall–Kier alpha value is -0.120. The molecule has 0 aromatic carbocycles. The maximum absolute atomic E-state index is 9.57. The largest absolute Gasteiger partial charge is 0.394 e. The van der Waals surface area contributed by atoms with Crippen LogP contribution in [0.5, 0.6) is 0 Å². The molecule has 3 heteroatoms. The molecule has 1 fully saturated rings. The maximum Gasteiger partial charge on any atom is 0.0613 e. The van der Waals surface area contributed by atoms with Gasteiger partial charge < -0.3 is 15.2 Å². The van der Waals surface area contributed by atoms with Gasteiger partial charge in [0.2, 0.25) is 0 Å². The molecular weight excluding hydrogens is 190 g/mol. The van der Waals surface area contributed by atoms with Gasteiger partial charge in [0.25, 0.3) is 0 Å². The molecule has 1 saturated carbocycles. The smallest absolute Gasteiger partial charge is 0.0613 e. The van der Waals surface area contributed by atoms with E-state index >= 15 is 0 Å². The SMILES string of the molecule is COCC(C)NC1(CO)CCCC(C)C1. The zero-order valence-corrected chi connectivity index (χ0v) is 10.3. The van der Waals surface area contributed by atoms with Gasteiger partial charge in [0.1, 0.15) is 0 Å². The molecule has 0 saturated heterocycles. The lowest BCUT2D eigenvalue weighted by Crippen LogP contribution is -2.55. The topological polar surface area (TPSA) is 41.5 Å². The molecule has 1 aliphatic carbocycles. The van der Waals surface area contributed by atoms with Crippen molar-refractivity contribution in [2.75, 3.05) is 20.3 Å². The monoisotopic (exact) mass is 215 g/mol. The van der Waals surface area contributed by atoms with Crippen molar-refractivity contribution >= 4 is 0 Å². The van der Waals surface area contributed by atoms with Crippen LogP contribution < -0.4 is 5.32 Å². The van der Waals surface area contributed by atoms with Gasteiger partial charge in [0, 0.05) is 18.7 Å². The van der Waals surface area contributed by atoms with Gasteiger partial charge in [0.05, 0.1) is 13.2 Å². The van der Waals surface area contributed by atoms with Crippen LogP contribution in [0.25, 0.3) is 0 Å². The van der Waals surface area contributed by atoms with Gasteiger partial charge in [-0.05, 0) is 25.7 Å². The Kier molecular flexibility index (Phi) is 5.03. The molecule has 2 N–H and O–H groups in total. The zero-order chi connectivity index (χ0) is 11.3. The van der Waals surface area contributed by atoms with Crippen LogP contribution in [0.2, 0.25) is 0 Å². The van der Waals surface area contributed by atoms with E-state index in [1.165, 1.54) is 12.8 Å². The molecule has 3 unspecified atom stereocenters. The average molecular weight is 215 g/mol. The molecule has 0 radical (unpaired) electrons. The molecule has 0 spiro atoms. The summed E-state index contributed by atoms with van der Waals surface area (Å²) in [4.78, 5) is 0. The van der Waals surface area contributed by atoms with Crippen LogP contribution in [0.3, 0.4) is 0 Å². The molecule has 1 rings (SSSR count). The number of aliphatic hydroxyl groups excluding tert-OH is 1. The van der Waals surface area contributed by atoms with E-state index < -0.39 is 0 Å². The summed E-state index contributed by atoms with van der Waals surface area (Å²) in [5.74, 6) is 0.716. The molecule has 0 amide bonds. The van der Waals surface area contributed by atoms with Crippen molar-refractivity contribution < 1.29 is 9.84 Å². The summed E-state index contributed by atoms with van der Waals surface area (Å²) in [6, 6.07) is 0.312. The predicted molar refractivity (Wildman–Crippen MR) is 61.9 cm³/mol. The number of rotatable bonds is 5. The van der Waals surface area contributed by atoms with Crippen LogP contribution in [0.15, 0.2) is 0 Å². The highest BCUT2D eigenvalue weighted by atomic mass is 16.5. The Morgan fingerprint density at radius 3 is 2.87 bits per heavy atom. The molecule has 0 aromatic rings. The summed E-state index contributed by atoms with van der Waals surface area (Å²) in [5, 5.41) is 13.1. The van der Waals surface area contributed by atoms with Crippen LogP contribution in [0.4, 0.5) is 0 Å². The fourth-order valence-corrected chi connectivity index (χ4v) is 2.79. The Morgan fingerprint density at radius 1 is 1.60 bits per heavy atom. The number of nitrogens with one attached hydrogen (secondary N) is 1. The van der Waals surface area contributed by atoms with Crippen LogP contribution in [0, 0.1) is 5.92 Å². The summed E-state index contributed by atoms with van der Waals surface area (Å²) in [5.41, 5.74) is -0.0599. The lowest BCUT2D eigenvalue weighted by atomic mass is 9.76. The minimum absolute atomic E-state index is 0.0599. The van der Waals surface area contributed by atoms with Crippen LogP contribution in [-0.4, -0.2) is 37.0 Å². The Labute approximate surface area is 93.2 Å². The first-order valence-electron chi connectivity index (χ1n) is 5.99. The Balaban J connectivity index is 2.51. The van der Waals surface area contributed by atoms with Gasteiger partial charge in [-0.25, -0.2) is 0 Å². The average Bonchev–Trinajstić information content (AvgIpc) is 2.18. The van der Waals surface area contributed by atoms with Gasteiger partial charge in [-0.3, -0.25) is 0 Å². The summed E-state index contributed by atoms with van der Waals surface area (Å²) >= 11 is 0. The van der Waals surface area contributed by atoms with E-state index in [0.717, 1.165) is 12.8 Å². The minimum atomic E-state index is -0.0599. The van der Waals surface area contributed by atoms with E-state index in [-0.39, 0.29) is 12.1 Å². The number of hydrogen-bond donors (Lipinski definition) is 2. The van der Waals surface area contributed by atoms with Crippen molar-refractivity contribution in [3.63, 3.8) is 0 Å². The molecular formula is C12H25NO2. The van der Waals surface area contributed by atoms with E-state index in [1.807, 2.05) is 0 Å². The highest BCUT2D eigenvalue weighted by molar-refractivity contribution is 4.93. The van der Waals surface area contributed by atoms with Crippen molar-refractivity contribution in [3.8, 4) is 0 Å². The third-order valence-corrected chi connectivity index (χ3v) is 3.36. The van der Waals surface area contributed by atoms with Crippen LogP contribution >= 0.6 is 0 Å². The minimum Gasteiger partial charge on any atom is -0.394 e. The van der Waals surface area contributed by atoms with Gasteiger partial charge in [0.15, 0.2) is 0 Å². The highest BCUT2D eigenvalue weighted by Gasteiger charge is 2.34. The van der Waals surface area contributed by atoms with Gasteiger partial charge in [-0.2, -0.15) is 0 Å². The van der Waals surface area contributed by atoms with Crippen molar-refractivity contribution in [2.24, 2.45) is 5.92 Å². The lowest BCUT2D eigenvalue weighted by molar-refractivity contribution is 0.0723. The van der Waals surface area contributed by atoms with Crippen molar-refractivity contribution in [1.29, 1.82) is 0 Å². The lowest BCUT2D eigenvalue weighted by Gasteiger charge is -2.41. The number of ether oxygens (including phenoxy) is 1. The normalized spacial score (nSPS) is 34.0. The molecule has 0 heterocycles. The first-order chi connectivity index (χ1) is 7.12. The number of aliphatic hydroxyl groups is 1.